The molecule has 6 heteroatoms. The molecule has 0 N–H and O–H groups in total. The first-order chi connectivity index (χ1) is 9.97. The van der Waals surface area contributed by atoms with Crippen molar-refractivity contribution in [3.8, 4) is 11.5 Å². The zero-order valence-corrected chi connectivity index (χ0v) is 15.1. The van der Waals surface area contributed by atoms with Crippen LogP contribution in [0.1, 0.15) is 16.5 Å². The standard InChI is InChI=1S/C15H12BrCl3O2/c1-20-12-4-3-11(15(21-2)14(12)19)13(18)8-5-9(16)7-10(17)6-8/h3-7,13H,1-2H3. The summed E-state index contributed by atoms with van der Waals surface area (Å²) in [5.74, 6) is 1.03. The molecule has 0 aromatic heterocycles. The molecule has 2 aromatic carbocycles. The molecule has 2 aromatic rings. The van der Waals surface area contributed by atoms with Gasteiger partial charge in [-0.2, -0.15) is 0 Å². The summed E-state index contributed by atoms with van der Waals surface area (Å²) in [4.78, 5) is 0. The SMILES string of the molecule is COc1ccc(C(Cl)c2cc(Cl)cc(Br)c2)c(OC)c1Cl. The van der Waals surface area contributed by atoms with Gasteiger partial charge in [0, 0.05) is 15.1 Å². The highest BCUT2D eigenvalue weighted by molar-refractivity contribution is 9.10. The lowest BCUT2D eigenvalue weighted by Gasteiger charge is -2.17. The number of methoxy groups -OCH3 is 2. The third-order valence-electron chi connectivity index (χ3n) is 2.97. The second-order valence-corrected chi connectivity index (χ2v) is 6.44. The predicted molar refractivity (Wildman–Crippen MR) is 91.4 cm³/mol. The third kappa shape index (κ3) is 3.59. The number of benzene rings is 2. The summed E-state index contributed by atoms with van der Waals surface area (Å²) >= 11 is 22.3. The number of hydrogen-bond donors (Lipinski definition) is 0. The van der Waals surface area contributed by atoms with Crippen LogP contribution in [-0.2, 0) is 0 Å². The van der Waals surface area contributed by atoms with E-state index in [1.165, 1.54) is 0 Å². The molecule has 0 radical (unpaired) electrons. The van der Waals surface area contributed by atoms with Crippen LogP contribution in [0.4, 0.5) is 0 Å². The second kappa shape index (κ2) is 7.10. The highest BCUT2D eigenvalue weighted by Crippen LogP contribution is 2.43. The molecule has 0 saturated heterocycles. The molecule has 2 rings (SSSR count). The van der Waals surface area contributed by atoms with Crippen LogP contribution in [0.5, 0.6) is 11.5 Å². The minimum Gasteiger partial charge on any atom is -0.495 e. The van der Waals surface area contributed by atoms with E-state index in [1.807, 2.05) is 18.2 Å². The van der Waals surface area contributed by atoms with E-state index >= 15 is 0 Å². The Morgan fingerprint density at radius 2 is 1.76 bits per heavy atom. The maximum absolute atomic E-state index is 6.57. The smallest absolute Gasteiger partial charge is 0.146 e. The van der Waals surface area contributed by atoms with E-state index in [1.54, 1.807) is 26.4 Å². The van der Waals surface area contributed by atoms with Crippen LogP contribution in [0.25, 0.3) is 0 Å². The van der Waals surface area contributed by atoms with Crippen molar-refractivity contribution in [2.45, 2.75) is 5.38 Å². The summed E-state index contributed by atoms with van der Waals surface area (Å²) in [6.45, 7) is 0. The lowest BCUT2D eigenvalue weighted by molar-refractivity contribution is 0.392. The molecule has 1 atom stereocenters. The quantitative estimate of drug-likeness (QED) is 0.567. The molecular formula is C15H12BrCl3O2. The molecule has 0 bridgehead atoms. The van der Waals surface area contributed by atoms with Gasteiger partial charge in [-0.05, 0) is 35.9 Å². The molecule has 112 valence electrons. The fourth-order valence-corrected chi connectivity index (χ4v) is 3.53. The van der Waals surface area contributed by atoms with Crippen molar-refractivity contribution >= 4 is 50.7 Å². The minimum absolute atomic E-state index is 0.393. The van der Waals surface area contributed by atoms with Gasteiger partial charge < -0.3 is 9.47 Å². The van der Waals surface area contributed by atoms with Gasteiger partial charge in [-0.25, -0.2) is 0 Å². The van der Waals surface area contributed by atoms with Crippen LogP contribution in [0.3, 0.4) is 0 Å². The Labute approximate surface area is 147 Å². The molecule has 21 heavy (non-hydrogen) atoms. The van der Waals surface area contributed by atoms with E-state index in [-0.39, 0.29) is 0 Å². The van der Waals surface area contributed by atoms with E-state index in [0.717, 1.165) is 15.6 Å². The number of halogens is 4. The second-order valence-electron chi connectivity index (χ2n) is 4.27. The first-order valence-corrected chi connectivity index (χ1v) is 7.97. The molecule has 0 spiro atoms. The van der Waals surface area contributed by atoms with Crippen LogP contribution >= 0.6 is 50.7 Å². The van der Waals surface area contributed by atoms with E-state index in [2.05, 4.69) is 15.9 Å². The van der Waals surface area contributed by atoms with Gasteiger partial charge in [0.05, 0.1) is 19.6 Å². The van der Waals surface area contributed by atoms with E-state index in [4.69, 9.17) is 44.3 Å². The van der Waals surface area contributed by atoms with Crippen molar-refractivity contribution in [1.82, 2.24) is 0 Å². The maximum atomic E-state index is 6.57. The van der Waals surface area contributed by atoms with Crippen molar-refractivity contribution in [2.24, 2.45) is 0 Å². The molecule has 1 unspecified atom stereocenters. The van der Waals surface area contributed by atoms with Crippen molar-refractivity contribution in [1.29, 1.82) is 0 Å². The van der Waals surface area contributed by atoms with Gasteiger partial charge in [-0.1, -0.05) is 39.1 Å². The fourth-order valence-electron chi connectivity index (χ4n) is 2.02. The van der Waals surface area contributed by atoms with Crippen molar-refractivity contribution < 1.29 is 9.47 Å². The maximum Gasteiger partial charge on any atom is 0.146 e. The van der Waals surface area contributed by atoms with Crippen molar-refractivity contribution in [2.75, 3.05) is 14.2 Å². The van der Waals surface area contributed by atoms with E-state index in [9.17, 15) is 0 Å². The van der Waals surface area contributed by atoms with Crippen molar-refractivity contribution in [3.63, 3.8) is 0 Å². The Bertz CT molecular complexity index is 641. The lowest BCUT2D eigenvalue weighted by Crippen LogP contribution is -2.00. The molecule has 0 saturated carbocycles. The summed E-state index contributed by atoms with van der Waals surface area (Å²) in [6, 6.07) is 9.10. The Hall–Kier alpha value is -0.610. The average molecular weight is 411 g/mol. The molecule has 0 fully saturated rings. The van der Waals surface area contributed by atoms with Gasteiger partial charge in [-0.3, -0.25) is 0 Å². The Morgan fingerprint density at radius 1 is 1.05 bits per heavy atom. The zero-order valence-electron chi connectivity index (χ0n) is 11.3. The first kappa shape index (κ1) is 16.8. The van der Waals surface area contributed by atoms with E-state index in [0.29, 0.717) is 21.5 Å². The predicted octanol–water partition coefficient (Wildman–Crippen LogP) is 6.10. The highest BCUT2D eigenvalue weighted by Gasteiger charge is 2.21. The number of alkyl halides is 1. The average Bonchev–Trinajstić information content (AvgIpc) is 2.45. The van der Waals surface area contributed by atoms with Gasteiger partial charge >= 0.3 is 0 Å². The molecule has 0 amide bonds. The van der Waals surface area contributed by atoms with Crippen LogP contribution in [0.2, 0.25) is 10.0 Å². The number of ether oxygens (including phenoxy) is 2. The summed E-state index contributed by atoms with van der Waals surface area (Å²) in [5, 5.41) is 0.547. The Kier molecular flexibility index (Phi) is 5.67. The number of rotatable bonds is 4. The van der Waals surface area contributed by atoms with Crippen LogP contribution < -0.4 is 9.47 Å². The largest absolute Gasteiger partial charge is 0.495 e. The summed E-state index contributed by atoms with van der Waals surface area (Å²) in [6.07, 6.45) is 0. The molecule has 0 heterocycles. The Morgan fingerprint density at radius 3 is 2.33 bits per heavy atom. The van der Waals surface area contributed by atoms with E-state index < -0.39 is 5.38 Å². The summed E-state index contributed by atoms with van der Waals surface area (Å²) in [5.41, 5.74) is 1.59. The van der Waals surface area contributed by atoms with Gasteiger partial charge in [0.1, 0.15) is 16.5 Å². The van der Waals surface area contributed by atoms with Gasteiger partial charge in [0.15, 0.2) is 0 Å². The molecular weight excluding hydrogens is 398 g/mol. The molecule has 0 aliphatic rings. The first-order valence-electron chi connectivity index (χ1n) is 5.98. The van der Waals surface area contributed by atoms with Gasteiger partial charge in [-0.15, -0.1) is 11.6 Å². The molecule has 0 aliphatic heterocycles. The molecule has 0 aliphatic carbocycles. The third-order valence-corrected chi connectivity index (χ3v) is 4.49. The lowest BCUT2D eigenvalue weighted by atomic mass is 10.0. The van der Waals surface area contributed by atoms with Crippen LogP contribution in [-0.4, -0.2) is 14.2 Å². The fraction of sp³-hybridized carbons (Fsp3) is 0.200. The molecule has 2 nitrogen and oxygen atoms in total. The highest BCUT2D eigenvalue weighted by atomic mass is 79.9. The Balaban J connectivity index is 2.52. The van der Waals surface area contributed by atoms with Crippen molar-refractivity contribution in [3.05, 3.63) is 56.0 Å². The minimum atomic E-state index is -0.446. The summed E-state index contributed by atoms with van der Waals surface area (Å²) in [7, 11) is 3.09. The summed E-state index contributed by atoms with van der Waals surface area (Å²) < 4.78 is 11.4. The monoisotopic (exact) mass is 408 g/mol. The zero-order chi connectivity index (χ0) is 15.6. The topological polar surface area (TPSA) is 18.5 Å². The van der Waals surface area contributed by atoms with Crippen LogP contribution in [0.15, 0.2) is 34.8 Å². The number of hydrogen-bond acceptors (Lipinski definition) is 2. The van der Waals surface area contributed by atoms with Gasteiger partial charge in [0.25, 0.3) is 0 Å². The van der Waals surface area contributed by atoms with Crippen LogP contribution in [0, 0.1) is 0 Å². The normalized spacial score (nSPS) is 12.1. The van der Waals surface area contributed by atoms with Gasteiger partial charge in [0.2, 0.25) is 0 Å².